The molecule has 2 N–H and O–H groups in total. The van der Waals surface area contributed by atoms with Crippen molar-refractivity contribution in [2.75, 3.05) is 31.7 Å². The highest BCUT2D eigenvalue weighted by atomic mass is 16.5. The smallest absolute Gasteiger partial charge is 0.277 e. The summed E-state index contributed by atoms with van der Waals surface area (Å²) in [5, 5.41) is 12.9. The highest BCUT2D eigenvalue weighted by molar-refractivity contribution is 5.83. The van der Waals surface area contributed by atoms with Gasteiger partial charge < -0.3 is 14.7 Å². The number of hydrogen-bond acceptors (Lipinski definition) is 5. The number of aliphatic hydroxyl groups excluding tert-OH is 1. The van der Waals surface area contributed by atoms with Crippen LogP contribution < -0.4 is 15.1 Å². The van der Waals surface area contributed by atoms with E-state index >= 15 is 0 Å². The Balaban J connectivity index is 1.82. The van der Waals surface area contributed by atoms with E-state index in [4.69, 9.17) is 9.84 Å². The molecule has 0 saturated carbocycles. The number of likely N-dealkylation sites (N-methyl/N-ethyl adjacent to an activating group) is 1. The molecule has 2 aromatic rings. The number of nitrogens with zero attached hydrogens (tertiary/aromatic N) is 2. The normalized spacial score (nSPS) is 10.8. The average Bonchev–Trinajstić information content (AvgIpc) is 2.63. The number of benzene rings is 2. The third-order valence-corrected chi connectivity index (χ3v) is 3.87. The SMILES string of the molecule is Cc1ccc(C)c(OCC(=O)N/N=C/c2ccc(N(C)CCO)cc2)c1. The van der Waals surface area contributed by atoms with Crippen LogP contribution in [0.3, 0.4) is 0 Å². The van der Waals surface area contributed by atoms with Crippen LogP contribution in [0.1, 0.15) is 16.7 Å². The molecule has 0 aliphatic rings. The summed E-state index contributed by atoms with van der Waals surface area (Å²) in [6.07, 6.45) is 1.58. The number of aliphatic hydroxyl groups is 1. The zero-order valence-electron chi connectivity index (χ0n) is 15.4. The molecule has 0 aliphatic carbocycles. The van der Waals surface area contributed by atoms with Crippen molar-refractivity contribution in [1.29, 1.82) is 0 Å². The molecule has 26 heavy (non-hydrogen) atoms. The Morgan fingerprint density at radius 2 is 1.96 bits per heavy atom. The van der Waals surface area contributed by atoms with Crippen molar-refractivity contribution in [3.63, 3.8) is 0 Å². The fourth-order valence-electron chi connectivity index (χ4n) is 2.31. The highest BCUT2D eigenvalue weighted by Gasteiger charge is 2.04. The van der Waals surface area contributed by atoms with Gasteiger partial charge in [0.2, 0.25) is 0 Å². The summed E-state index contributed by atoms with van der Waals surface area (Å²) in [7, 11) is 1.91. The lowest BCUT2D eigenvalue weighted by molar-refractivity contribution is -0.123. The number of nitrogens with one attached hydrogen (secondary N) is 1. The van der Waals surface area contributed by atoms with Crippen LogP contribution in [0.5, 0.6) is 5.75 Å². The van der Waals surface area contributed by atoms with Crippen LogP contribution in [0.25, 0.3) is 0 Å². The first kappa shape index (κ1) is 19.5. The van der Waals surface area contributed by atoms with E-state index in [9.17, 15) is 4.79 Å². The highest BCUT2D eigenvalue weighted by Crippen LogP contribution is 2.18. The molecule has 0 fully saturated rings. The largest absolute Gasteiger partial charge is 0.483 e. The van der Waals surface area contributed by atoms with E-state index in [1.807, 2.05) is 68.3 Å². The minimum absolute atomic E-state index is 0.0907. The Bertz CT molecular complexity index is 757. The monoisotopic (exact) mass is 355 g/mol. The Kier molecular flexibility index (Phi) is 7.17. The van der Waals surface area contributed by atoms with Gasteiger partial charge in [0.25, 0.3) is 5.91 Å². The average molecular weight is 355 g/mol. The molecule has 0 aliphatic heterocycles. The Morgan fingerprint density at radius 3 is 2.65 bits per heavy atom. The van der Waals surface area contributed by atoms with Gasteiger partial charge in [-0.1, -0.05) is 24.3 Å². The second-order valence-corrected chi connectivity index (χ2v) is 6.09. The molecule has 6 nitrogen and oxygen atoms in total. The number of rotatable bonds is 8. The number of anilines is 1. The molecule has 0 spiro atoms. The minimum Gasteiger partial charge on any atom is -0.483 e. The lowest BCUT2D eigenvalue weighted by atomic mass is 10.1. The first-order chi connectivity index (χ1) is 12.5. The summed E-state index contributed by atoms with van der Waals surface area (Å²) in [5.74, 6) is 0.383. The summed E-state index contributed by atoms with van der Waals surface area (Å²) in [5.41, 5.74) is 6.39. The maximum absolute atomic E-state index is 11.8. The van der Waals surface area contributed by atoms with Gasteiger partial charge in [-0.05, 0) is 48.7 Å². The first-order valence-corrected chi connectivity index (χ1v) is 8.43. The van der Waals surface area contributed by atoms with E-state index in [1.54, 1.807) is 6.21 Å². The van der Waals surface area contributed by atoms with Crippen LogP contribution in [0, 0.1) is 13.8 Å². The van der Waals surface area contributed by atoms with Gasteiger partial charge in [-0.25, -0.2) is 5.43 Å². The van der Waals surface area contributed by atoms with Gasteiger partial charge in [0.05, 0.1) is 12.8 Å². The van der Waals surface area contributed by atoms with E-state index in [-0.39, 0.29) is 19.1 Å². The fourth-order valence-corrected chi connectivity index (χ4v) is 2.31. The van der Waals surface area contributed by atoms with Gasteiger partial charge in [-0.3, -0.25) is 4.79 Å². The van der Waals surface area contributed by atoms with E-state index < -0.39 is 0 Å². The molecule has 0 unspecified atom stereocenters. The quantitative estimate of drug-likeness (QED) is 0.563. The molecule has 0 radical (unpaired) electrons. The molecule has 2 aromatic carbocycles. The minimum atomic E-state index is -0.318. The zero-order chi connectivity index (χ0) is 18.9. The third kappa shape index (κ3) is 5.89. The summed E-state index contributed by atoms with van der Waals surface area (Å²) < 4.78 is 5.54. The van der Waals surface area contributed by atoms with E-state index in [1.165, 1.54) is 0 Å². The van der Waals surface area contributed by atoms with Crippen molar-refractivity contribution in [1.82, 2.24) is 5.43 Å². The van der Waals surface area contributed by atoms with Crippen molar-refractivity contribution in [2.24, 2.45) is 5.10 Å². The molecule has 0 saturated heterocycles. The number of hydrogen-bond donors (Lipinski definition) is 2. The van der Waals surface area contributed by atoms with Crippen LogP contribution in [0.4, 0.5) is 5.69 Å². The van der Waals surface area contributed by atoms with Crippen LogP contribution in [-0.2, 0) is 4.79 Å². The summed E-state index contributed by atoms with van der Waals surface area (Å²) in [6.45, 7) is 4.50. The van der Waals surface area contributed by atoms with Gasteiger partial charge in [0.15, 0.2) is 6.61 Å². The van der Waals surface area contributed by atoms with Gasteiger partial charge in [0.1, 0.15) is 5.75 Å². The molecule has 2 rings (SSSR count). The summed E-state index contributed by atoms with van der Waals surface area (Å²) >= 11 is 0. The molecule has 0 aromatic heterocycles. The number of ether oxygens (including phenoxy) is 1. The molecule has 1 amide bonds. The van der Waals surface area contributed by atoms with Crippen molar-refractivity contribution in [3.05, 3.63) is 59.2 Å². The molecule has 0 atom stereocenters. The van der Waals surface area contributed by atoms with Crippen LogP contribution in [0.2, 0.25) is 0 Å². The van der Waals surface area contributed by atoms with E-state index in [2.05, 4.69) is 10.5 Å². The maximum atomic E-state index is 11.8. The third-order valence-electron chi connectivity index (χ3n) is 3.87. The van der Waals surface area contributed by atoms with Crippen molar-refractivity contribution in [2.45, 2.75) is 13.8 Å². The predicted molar refractivity (Wildman–Crippen MR) is 104 cm³/mol. The maximum Gasteiger partial charge on any atom is 0.277 e. The van der Waals surface area contributed by atoms with E-state index in [0.717, 1.165) is 22.4 Å². The fraction of sp³-hybridized carbons (Fsp3) is 0.300. The molecule has 6 heteroatoms. The molecular formula is C20H25N3O3. The van der Waals surface area contributed by atoms with Crippen molar-refractivity contribution < 1.29 is 14.6 Å². The molecule has 0 heterocycles. The number of amides is 1. The van der Waals surface area contributed by atoms with Crippen LogP contribution >= 0.6 is 0 Å². The second-order valence-electron chi connectivity index (χ2n) is 6.09. The van der Waals surface area contributed by atoms with E-state index in [0.29, 0.717) is 12.3 Å². The Hall–Kier alpha value is -2.86. The molecule has 138 valence electrons. The van der Waals surface area contributed by atoms with Gasteiger partial charge in [-0.15, -0.1) is 0 Å². The Labute approximate surface area is 154 Å². The Morgan fingerprint density at radius 1 is 1.23 bits per heavy atom. The zero-order valence-corrected chi connectivity index (χ0v) is 15.4. The van der Waals surface area contributed by atoms with Gasteiger partial charge in [-0.2, -0.15) is 5.10 Å². The van der Waals surface area contributed by atoms with Crippen molar-refractivity contribution in [3.8, 4) is 5.75 Å². The molecule has 0 bridgehead atoms. The lowest BCUT2D eigenvalue weighted by Crippen LogP contribution is -2.24. The van der Waals surface area contributed by atoms with Crippen LogP contribution in [0.15, 0.2) is 47.6 Å². The predicted octanol–water partition coefficient (Wildman–Crippen LogP) is 2.26. The lowest BCUT2D eigenvalue weighted by Gasteiger charge is -2.17. The second kappa shape index (κ2) is 9.58. The standard InChI is InChI=1S/C20H25N3O3/c1-15-4-5-16(2)19(12-15)26-14-20(25)22-21-13-17-6-8-18(9-7-17)23(3)10-11-24/h4-9,12-13,24H,10-11,14H2,1-3H3,(H,22,25)/b21-13+. The first-order valence-electron chi connectivity index (χ1n) is 8.43. The summed E-state index contributed by atoms with van der Waals surface area (Å²) in [6, 6.07) is 13.5. The van der Waals surface area contributed by atoms with Gasteiger partial charge in [0, 0.05) is 19.3 Å². The summed E-state index contributed by atoms with van der Waals surface area (Å²) in [4.78, 5) is 13.8. The van der Waals surface area contributed by atoms with Crippen LogP contribution in [-0.4, -0.2) is 44.0 Å². The van der Waals surface area contributed by atoms with Gasteiger partial charge >= 0.3 is 0 Å². The number of carbonyl (C=O) groups excluding carboxylic acids is 1. The number of hydrazone groups is 1. The molecular weight excluding hydrogens is 330 g/mol. The van der Waals surface area contributed by atoms with Crippen molar-refractivity contribution >= 4 is 17.8 Å². The number of aryl methyl sites for hydroxylation is 2. The topological polar surface area (TPSA) is 74.2 Å². The number of carbonyl (C=O) groups is 1.